The highest BCUT2D eigenvalue weighted by Gasteiger charge is 2.50. The number of hydrogen-bond donors (Lipinski definition) is 2. The maximum absolute atomic E-state index is 12.8. The van der Waals surface area contributed by atoms with Gasteiger partial charge in [0.1, 0.15) is 0 Å². The second-order valence-electron chi connectivity index (χ2n) is 11.4. The first-order valence-electron chi connectivity index (χ1n) is 12.9. The lowest BCUT2D eigenvalue weighted by Crippen LogP contribution is -2.48. The molecular weight excluding hydrogens is 395 g/mol. The fraction of sp³-hybridized carbons (Fsp3) is 0.655. The van der Waals surface area contributed by atoms with Crippen molar-refractivity contribution < 1.29 is 4.39 Å². The maximum atomic E-state index is 12.8. The molecular formula is C29H43FN2. The molecule has 0 spiro atoms. The molecule has 0 atom stereocenters. The Morgan fingerprint density at radius 2 is 1.62 bits per heavy atom. The number of halogens is 1. The summed E-state index contributed by atoms with van der Waals surface area (Å²) in [5.41, 5.74) is 11.5. The Morgan fingerprint density at radius 3 is 2.19 bits per heavy atom. The van der Waals surface area contributed by atoms with Crippen molar-refractivity contribution in [2.24, 2.45) is 16.6 Å². The summed E-state index contributed by atoms with van der Waals surface area (Å²) >= 11 is 0. The summed E-state index contributed by atoms with van der Waals surface area (Å²) in [6.45, 7) is 8.43. The third-order valence-electron chi connectivity index (χ3n) is 9.39. The topological polar surface area (TPSA) is 38.0 Å². The molecule has 4 saturated carbocycles. The molecule has 1 aromatic rings. The first-order chi connectivity index (χ1) is 15.4. The zero-order valence-corrected chi connectivity index (χ0v) is 20.2. The molecule has 0 aromatic heterocycles. The highest BCUT2D eigenvalue weighted by atomic mass is 19.1. The van der Waals surface area contributed by atoms with Crippen LogP contribution >= 0.6 is 0 Å². The van der Waals surface area contributed by atoms with Gasteiger partial charge in [-0.25, -0.2) is 4.39 Å². The molecule has 176 valence electrons. The van der Waals surface area contributed by atoms with Crippen molar-refractivity contribution in [3.63, 3.8) is 0 Å². The molecule has 5 rings (SSSR count). The van der Waals surface area contributed by atoms with E-state index >= 15 is 0 Å². The van der Waals surface area contributed by atoms with Crippen LogP contribution in [0.3, 0.4) is 0 Å². The van der Waals surface area contributed by atoms with E-state index in [1.54, 1.807) is 0 Å². The largest absolute Gasteiger partial charge is 0.388 e. The summed E-state index contributed by atoms with van der Waals surface area (Å²) in [7, 11) is 0. The highest BCUT2D eigenvalue weighted by molar-refractivity contribution is 5.33. The van der Waals surface area contributed by atoms with Crippen LogP contribution in [0.1, 0.15) is 95.1 Å². The highest BCUT2D eigenvalue weighted by Crippen LogP contribution is 2.59. The van der Waals surface area contributed by atoms with Gasteiger partial charge in [-0.15, -0.1) is 0 Å². The van der Waals surface area contributed by atoms with Crippen molar-refractivity contribution >= 4 is 0 Å². The monoisotopic (exact) mass is 438 g/mol. The molecule has 0 radical (unpaired) electrons. The van der Waals surface area contributed by atoms with Crippen LogP contribution in [0, 0.1) is 10.8 Å². The average molecular weight is 439 g/mol. The second kappa shape index (κ2) is 9.71. The Morgan fingerprint density at radius 1 is 1.00 bits per heavy atom. The minimum atomic E-state index is 0.304. The minimum absolute atomic E-state index is 0.304. The molecule has 2 bridgehead atoms. The van der Waals surface area contributed by atoms with Gasteiger partial charge in [0.05, 0.1) is 6.33 Å². The van der Waals surface area contributed by atoms with Gasteiger partial charge in [0.2, 0.25) is 0 Å². The van der Waals surface area contributed by atoms with Gasteiger partial charge in [-0.05, 0) is 91.7 Å². The Hall–Kier alpha value is -1.61. The van der Waals surface area contributed by atoms with E-state index in [1.807, 2.05) is 0 Å². The number of hydrogen-bond acceptors (Lipinski definition) is 2. The van der Waals surface area contributed by atoms with Gasteiger partial charge in [-0.1, -0.05) is 57.0 Å². The summed E-state index contributed by atoms with van der Waals surface area (Å²) < 4.78 is 12.8. The zero-order valence-electron chi connectivity index (χ0n) is 20.2. The van der Waals surface area contributed by atoms with Gasteiger partial charge in [0.25, 0.3) is 0 Å². The first kappa shape index (κ1) is 23.5. The van der Waals surface area contributed by atoms with E-state index in [-0.39, 0.29) is 0 Å². The molecule has 3 N–H and O–H groups in total. The zero-order chi connectivity index (χ0) is 22.7. The lowest BCUT2D eigenvalue weighted by molar-refractivity contribution is 0.0621. The molecule has 4 aliphatic rings. The van der Waals surface area contributed by atoms with Crippen LogP contribution in [-0.2, 0) is 11.8 Å². The van der Waals surface area contributed by atoms with Crippen LogP contribution in [0.2, 0.25) is 0 Å². The van der Waals surface area contributed by atoms with Crippen LogP contribution in [-0.4, -0.2) is 13.1 Å². The van der Waals surface area contributed by atoms with Crippen LogP contribution < -0.4 is 11.1 Å². The number of fused-ring (bicyclic) bond motifs is 3. The Kier molecular flexibility index (Phi) is 7.14. The molecule has 0 aliphatic heterocycles. The lowest BCUT2D eigenvalue weighted by Gasteiger charge is -2.55. The molecule has 0 saturated heterocycles. The Labute approximate surface area is 194 Å². The van der Waals surface area contributed by atoms with E-state index in [4.69, 9.17) is 5.73 Å². The summed E-state index contributed by atoms with van der Waals surface area (Å²) in [5, 5.41) is 3.84. The van der Waals surface area contributed by atoms with Gasteiger partial charge in [0.15, 0.2) is 0 Å². The van der Waals surface area contributed by atoms with Gasteiger partial charge < -0.3 is 11.1 Å². The van der Waals surface area contributed by atoms with Crippen molar-refractivity contribution in [3.05, 3.63) is 59.6 Å². The number of nitrogens with one attached hydrogen (secondary N) is 1. The van der Waals surface area contributed by atoms with Crippen molar-refractivity contribution in [2.45, 2.75) is 95.8 Å². The number of benzene rings is 1. The summed E-state index contributed by atoms with van der Waals surface area (Å²) in [4.78, 5) is 0. The first-order valence-corrected chi connectivity index (χ1v) is 12.9. The van der Waals surface area contributed by atoms with Crippen LogP contribution in [0.5, 0.6) is 0 Å². The third kappa shape index (κ3) is 4.83. The van der Waals surface area contributed by atoms with Gasteiger partial charge in [-0.2, -0.15) is 0 Å². The molecule has 0 amide bonds. The average Bonchev–Trinajstić information content (AvgIpc) is 2.85. The Balaban J connectivity index is 1.33. The number of aryl methyl sites for hydroxylation is 1. The van der Waals surface area contributed by atoms with Gasteiger partial charge >= 0.3 is 0 Å². The van der Waals surface area contributed by atoms with Crippen LogP contribution in [0.4, 0.5) is 4.39 Å². The predicted molar refractivity (Wildman–Crippen MR) is 133 cm³/mol. The minimum Gasteiger partial charge on any atom is -0.388 e. The summed E-state index contributed by atoms with van der Waals surface area (Å²) in [6, 6.07) is 9.17. The van der Waals surface area contributed by atoms with Crippen LogP contribution in [0.25, 0.3) is 0 Å². The molecule has 1 aromatic carbocycles. The van der Waals surface area contributed by atoms with Gasteiger partial charge in [-0.3, -0.25) is 0 Å². The summed E-state index contributed by atoms with van der Waals surface area (Å²) in [6.07, 6.45) is 16.7. The predicted octanol–water partition coefficient (Wildman–Crippen LogP) is 7.10. The van der Waals surface area contributed by atoms with Gasteiger partial charge in [0, 0.05) is 24.2 Å². The molecule has 4 aliphatic carbocycles. The van der Waals surface area contributed by atoms with E-state index in [9.17, 15) is 4.39 Å². The SMILES string of the molecule is C=C(NCC1(C)CCCCC1)C12CCC(c3ccc(CC/C(=C/F)CN)cc3)(CC1)CC2. The molecule has 3 heteroatoms. The van der Waals surface area contributed by atoms with E-state index in [1.165, 1.54) is 87.5 Å². The Bertz CT molecular complexity index is 792. The molecule has 4 fully saturated rings. The van der Waals surface area contributed by atoms with E-state index in [2.05, 4.69) is 43.1 Å². The normalized spacial score (nSPS) is 29.7. The molecule has 0 heterocycles. The van der Waals surface area contributed by atoms with Crippen LogP contribution in [0.15, 0.2) is 48.4 Å². The quantitative estimate of drug-likeness (QED) is 0.431. The standard InChI is InChI=1S/C29H43FN2/c1-23(32-22-27(2)12-4-3-5-13-27)28-14-17-29(18-15-28,19-16-28)26-10-8-24(9-11-26)6-7-25(20-30)21-31/h8-11,20,32H,1,3-7,12-19,21-22,31H2,2H3/b25-20-. The number of rotatable bonds is 9. The second-order valence-corrected chi connectivity index (χ2v) is 11.4. The number of nitrogens with two attached hydrogens (primary N) is 1. The fourth-order valence-electron chi connectivity index (χ4n) is 6.69. The lowest BCUT2D eigenvalue weighted by atomic mass is 9.51. The fourth-order valence-corrected chi connectivity index (χ4v) is 6.69. The van der Waals surface area contributed by atoms with Crippen molar-refractivity contribution in [1.29, 1.82) is 0 Å². The summed E-state index contributed by atoms with van der Waals surface area (Å²) in [5.74, 6) is 0. The maximum Gasteiger partial charge on any atom is 0.0871 e. The van der Waals surface area contributed by atoms with Crippen molar-refractivity contribution in [3.8, 4) is 0 Å². The smallest absolute Gasteiger partial charge is 0.0871 e. The van der Waals surface area contributed by atoms with Crippen molar-refractivity contribution in [1.82, 2.24) is 5.32 Å². The molecule has 2 nitrogen and oxygen atoms in total. The number of allylic oxidation sites excluding steroid dienone is 1. The van der Waals surface area contributed by atoms with Crippen molar-refractivity contribution in [2.75, 3.05) is 13.1 Å². The molecule has 0 unspecified atom stereocenters. The van der Waals surface area contributed by atoms with E-state index in [0.29, 0.717) is 41.1 Å². The molecule has 32 heavy (non-hydrogen) atoms. The third-order valence-corrected chi connectivity index (χ3v) is 9.39. The van der Waals surface area contributed by atoms with E-state index in [0.717, 1.165) is 13.0 Å². The van der Waals surface area contributed by atoms with E-state index < -0.39 is 0 Å².